The Morgan fingerprint density at radius 1 is 1.08 bits per heavy atom. The highest BCUT2D eigenvalue weighted by molar-refractivity contribution is 5.94. The minimum atomic E-state index is -0.447. The molecule has 3 heterocycles. The van der Waals surface area contributed by atoms with Gasteiger partial charge >= 0.3 is 0 Å². The Morgan fingerprint density at radius 3 is 2.63 bits per heavy atom. The lowest BCUT2D eigenvalue weighted by Crippen LogP contribution is -2.37. The third-order valence-corrected chi connectivity index (χ3v) is 6.98. The maximum atomic E-state index is 13.7. The summed E-state index contributed by atoms with van der Waals surface area (Å²) in [6.07, 6.45) is 4.27. The molecule has 0 spiro atoms. The fourth-order valence-electron chi connectivity index (χ4n) is 4.71. The van der Waals surface area contributed by atoms with E-state index in [1.54, 1.807) is 49.1 Å². The van der Waals surface area contributed by atoms with Gasteiger partial charge in [0.05, 0.1) is 30.2 Å². The lowest BCUT2D eigenvalue weighted by Gasteiger charge is -2.21. The number of anilines is 3. The molecular formula is C30H30FN5O2. The van der Waals surface area contributed by atoms with Gasteiger partial charge in [-0.05, 0) is 80.4 Å². The summed E-state index contributed by atoms with van der Waals surface area (Å²) in [5.74, 6) is -0.524. The van der Waals surface area contributed by atoms with Crippen LogP contribution in [0.15, 0.2) is 77.9 Å². The van der Waals surface area contributed by atoms with Gasteiger partial charge in [-0.2, -0.15) is 0 Å². The zero-order valence-corrected chi connectivity index (χ0v) is 21.7. The van der Waals surface area contributed by atoms with Crippen LogP contribution in [-0.2, 0) is 17.8 Å². The summed E-state index contributed by atoms with van der Waals surface area (Å²) in [5, 5.41) is 5.65. The summed E-state index contributed by atoms with van der Waals surface area (Å²) in [5.41, 5.74) is 6.32. The molecule has 0 unspecified atom stereocenters. The summed E-state index contributed by atoms with van der Waals surface area (Å²) in [7, 11) is 1.69. The Morgan fingerprint density at radius 2 is 1.87 bits per heavy atom. The van der Waals surface area contributed by atoms with E-state index in [9.17, 15) is 14.0 Å². The molecule has 0 aliphatic carbocycles. The largest absolute Gasteiger partial charge is 0.340 e. The van der Waals surface area contributed by atoms with E-state index in [0.717, 1.165) is 52.3 Å². The standard InChI is InChI=1S/C30H30FN5O2/c1-19-4-6-22(7-5-19)27-11-9-26(34-29(37)20(2)32-3)30(38)36(27)18-21-14-25(17-33-16-21)35-13-12-23-15-24(31)8-10-28(23)35/h4-11,14-17,20,32H,12-13,18H2,1-3H3,(H,34,37)/t20-/m0/s1. The molecule has 1 atom stereocenters. The first kappa shape index (κ1) is 25.4. The zero-order valence-electron chi connectivity index (χ0n) is 21.7. The fourth-order valence-corrected chi connectivity index (χ4v) is 4.71. The zero-order chi connectivity index (χ0) is 26.8. The highest BCUT2D eigenvalue weighted by Gasteiger charge is 2.22. The van der Waals surface area contributed by atoms with Crippen LogP contribution < -0.4 is 21.1 Å². The second-order valence-electron chi connectivity index (χ2n) is 9.62. The summed E-state index contributed by atoms with van der Waals surface area (Å²) in [4.78, 5) is 32.8. The number of hydrogen-bond donors (Lipinski definition) is 2. The molecule has 0 radical (unpaired) electrons. The number of fused-ring (bicyclic) bond motifs is 1. The lowest BCUT2D eigenvalue weighted by atomic mass is 10.1. The topological polar surface area (TPSA) is 79.3 Å². The molecule has 7 nitrogen and oxygen atoms in total. The third kappa shape index (κ3) is 5.08. The molecule has 1 amide bonds. The fraction of sp³-hybridized carbons (Fsp3) is 0.233. The van der Waals surface area contributed by atoms with Crippen molar-refractivity contribution in [1.82, 2.24) is 14.9 Å². The Bertz CT molecular complexity index is 1550. The maximum Gasteiger partial charge on any atom is 0.275 e. The third-order valence-electron chi connectivity index (χ3n) is 6.98. The van der Waals surface area contributed by atoms with Gasteiger partial charge in [-0.25, -0.2) is 4.39 Å². The van der Waals surface area contributed by atoms with Crippen LogP contribution in [-0.4, -0.2) is 35.1 Å². The number of nitrogens with one attached hydrogen (secondary N) is 2. The van der Waals surface area contributed by atoms with E-state index in [4.69, 9.17) is 0 Å². The van der Waals surface area contributed by atoms with Crippen molar-refractivity contribution in [2.45, 2.75) is 32.9 Å². The molecule has 0 fully saturated rings. The Hall–Kier alpha value is -4.30. The summed E-state index contributed by atoms with van der Waals surface area (Å²) < 4.78 is 15.4. The van der Waals surface area contributed by atoms with Crippen LogP contribution in [0, 0.1) is 12.7 Å². The quantitative estimate of drug-likeness (QED) is 0.378. The molecule has 1 aliphatic rings. The monoisotopic (exact) mass is 511 g/mol. The number of carbonyl (C=O) groups is 1. The van der Waals surface area contributed by atoms with Crippen LogP contribution in [0.1, 0.15) is 23.6 Å². The number of benzene rings is 2. The van der Waals surface area contributed by atoms with Crippen molar-refractivity contribution in [1.29, 1.82) is 0 Å². The van der Waals surface area contributed by atoms with Crippen LogP contribution in [0.4, 0.5) is 21.5 Å². The van der Waals surface area contributed by atoms with Gasteiger partial charge in [0.15, 0.2) is 0 Å². The number of halogens is 1. The molecule has 1 aliphatic heterocycles. The van der Waals surface area contributed by atoms with Gasteiger partial charge in [-0.1, -0.05) is 29.8 Å². The average molecular weight is 512 g/mol. The van der Waals surface area contributed by atoms with E-state index in [-0.39, 0.29) is 29.5 Å². The minimum Gasteiger partial charge on any atom is -0.340 e. The van der Waals surface area contributed by atoms with Crippen molar-refractivity contribution < 1.29 is 9.18 Å². The summed E-state index contributed by atoms with van der Waals surface area (Å²) in [6, 6.07) is 17.9. The van der Waals surface area contributed by atoms with Crippen LogP contribution >= 0.6 is 0 Å². The van der Waals surface area contributed by atoms with Crippen LogP contribution in [0.5, 0.6) is 0 Å². The summed E-state index contributed by atoms with van der Waals surface area (Å²) in [6.45, 7) is 4.74. The van der Waals surface area contributed by atoms with Crippen molar-refractivity contribution in [3.05, 3.63) is 106 Å². The van der Waals surface area contributed by atoms with Crippen molar-refractivity contribution in [3.63, 3.8) is 0 Å². The molecule has 2 N–H and O–H groups in total. The van der Waals surface area contributed by atoms with Gasteiger partial charge in [0.25, 0.3) is 5.56 Å². The van der Waals surface area contributed by atoms with Gasteiger partial charge < -0.3 is 20.1 Å². The smallest absolute Gasteiger partial charge is 0.275 e. The predicted octanol–water partition coefficient (Wildman–Crippen LogP) is 4.65. The van der Waals surface area contributed by atoms with E-state index in [0.29, 0.717) is 0 Å². The van der Waals surface area contributed by atoms with Crippen molar-refractivity contribution in [2.24, 2.45) is 0 Å². The Labute approximate surface area is 221 Å². The summed E-state index contributed by atoms with van der Waals surface area (Å²) >= 11 is 0. The average Bonchev–Trinajstić information content (AvgIpc) is 3.34. The first-order valence-corrected chi connectivity index (χ1v) is 12.6. The Kier molecular flexibility index (Phi) is 7.07. The van der Waals surface area contributed by atoms with Crippen LogP contribution in [0.25, 0.3) is 11.3 Å². The number of aryl methyl sites for hydroxylation is 1. The number of nitrogens with zero attached hydrogens (tertiary/aromatic N) is 3. The number of carbonyl (C=O) groups excluding carboxylic acids is 1. The SMILES string of the molecule is CN[C@@H](C)C(=O)Nc1ccc(-c2ccc(C)cc2)n(Cc2cncc(N3CCc4cc(F)ccc43)c2)c1=O. The number of hydrogen-bond acceptors (Lipinski definition) is 5. The number of pyridine rings is 2. The second-order valence-corrected chi connectivity index (χ2v) is 9.62. The van der Waals surface area contributed by atoms with E-state index in [1.165, 1.54) is 6.07 Å². The Balaban J connectivity index is 1.53. The van der Waals surface area contributed by atoms with Gasteiger partial charge in [0.1, 0.15) is 11.5 Å². The van der Waals surface area contributed by atoms with Crippen molar-refractivity contribution in [3.8, 4) is 11.3 Å². The molecule has 2 aromatic carbocycles. The molecule has 2 aromatic heterocycles. The minimum absolute atomic E-state index is 0.215. The highest BCUT2D eigenvalue weighted by atomic mass is 19.1. The number of likely N-dealkylation sites (N-methyl/N-ethyl adjacent to an activating group) is 1. The first-order valence-electron chi connectivity index (χ1n) is 12.6. The normalized spacial score (nSPS) is 13.3. The molecule has 5 rings (SSSR count). The molecule has 8 heteroatoms. The van der Waals surface area contributed by atoms with Gasteiger partial charge in [-0.15, -0.1) is 0 Å². The van der Waals surface area contributed by atoms with Crippen molar-refractivity contribution >= 4 is 23.0 Å². The lowest BCUT2D eigenvalue weighted by molar-refractivity contribution is -0.117. The molecule has 0 bridgehead atoms. The predicted molar refractivity (Wildman–Crippen MR) is 148 cm³/mol. The van der Waals surface area contributed by atoms with E-state index < -0.39 is 6.04 Å². The van der Waals surface area contributed by atoms with Crippen LogP contribution in [0.2, 0.25) is 0 Å². The molecule has 194 valence electrons. The molecule has 0 saturated carbocycles. The van der Waals surface area contributed by atoms with E-state index >= 15 is 0 Å². The maximum absolute atomic E-state index is 13.7. The van der Waals surface area contributed by atoms with Crippen LogP contribution in [0.3, 0.4) is 0 Å². The van der Waals surface area contributed by atoms with Gasteiger partial charge in [0.2, 0.25) is 5.91 Å². The number of amides is 1. The van der Waals surface area contributed by atoms with E-state index in [1.807, 2.05) is 43.3 Å². The van der Waals surface area contributed by atoms with Crippen molar-refractivity contribution in [2.75, 3.05) is 23.8 Å². The highest BCUT2D eigenvalue weighted by Crippen LogP contribution is 2.35. The van der Waals surface area contributed by atoms with E-state index in [2.05, 4.69) is 20.5 Å². The van der Waals surface area contributed by atoms with Gasteiger partial charge in [-0.3, -0.25) is 14.6 Å². The molecule has 38 heavy (non-hydrogen) atoms. The second kappa shape index (κ2) is 10.6. The molecule has 0 saturated heterocycles. The molecule has 4 aromatic rings. The first-order chi connectivity index (χ1) is 18.3. The molecular weight excluding hydrogens is 481 g/mol. The van der Waals surface area contributed by atoms with Gasteiger partial charge in [0, 0.05) is 18.4 Å². The number of rotatable bonds is 7. The number of aromatic nitrogens is 2.